The molecule has 0 fully saturated rings. The molecule has 0 aliphatic rings. The lowest BCUT2D eigenvalue weighted by atomic mass is 10.00. The minimum absolute atomic E-state index is 0.0715. The minimum atomic E-state index is -1.00. The van der Waals surface area contributed by atoms with Crippen LogP contribution in [0.15, 0.2) is 48.5 Å². The number of halogens is 2. The SMILES string of the molecule is CC(CO)NC[C@H](O)[C@H](Cc1cc(F)cc(F)c1)NC(=O)CCc1ccccc1. The molecule has 29 heavy (non-hydrogen) atoms. The van der Waals surface area contributed by atoms with E-state index in [4.69, 9.17) is 5.11 Å². The molecule has 1 amide bonds. The van der Waals surface area contributed by atoms with Crippen LogP contribution in [0.2, 0.25) is 0 Å². The van der Waals surface area contributed by atoms with Crippen LogP contribution in [0.25, 0.3) is 0 Å². The van der Waals surface area contributed by atoms with Crippen molar-refractivity contribution in [3.05, 3.63) is 71.3 Å². The van der Waals surface area contributed by atoms with Gasteiger partial charge in [0.2, 0.25) is 5.91 Å². The van der Waals surface area contributed by atoms with Gasteiger partial charge in [-0.3, -0.25) is 4.79 Å². The van der Waals surface area contributed by atoms with Crippen LogP contribution < -0.4 is 10.6 Å². The zero-order valence-corrected chi connectivity index (χ0v) is 16.4. The number of amides is 1. The summed E-state index contributed by atoms with van der Waals surface area (Å²) in [7, 11) is 0. The molecule has 5 nitrogen and oxygen atoms in total. The fourth-order valence-corrected chi connectivity index (χ4v) is 2.98. The first-order chi connectivity index (χ1) is 13.9. The van der Waals surface area contributed by atoms with Crippen LogP contribution in [0.3, 0.4) is 0 Å². The quantitative estimate of drug-likeness (QED) is 0.460. The van der Waals surface area contributed by atoms with Gasteiger partial charge in [0.1, 0.15) is 11.6 Å². The number of aliphatic hydroxyl groups excluding tert-OH is 2. The standard InChI is InChI=1S/C22H28F2N2O3/c1-15(14-27)25-13-21(28)20(11-17-9-18(23)12-19(24)10-17)26-22(29)8-7-16-5-3-2-4-6-16/h2-6,9-10,12,15,20-21,25,27-28H,7-8,11,13-14H2,1H3,(H,26,29)/t15?,20-,21-/m0/s1. The Kier molecular flexibility index (Phi) is 9.18. The molecule has 0 radical (unpaired) electrons. The van der Waals surface area contributed by atoms with E-state index in [2.05, 4.69) is 10.6 Å². The van der Waals surface area contributed by atoms with E-state index in [0.29, 0.717) is 12.0 Å². The van der Waals surface area contributed by atoms with Gasteiger partial charge in [-0.25, -0.2) is 8.78 Å². The van der Waals surface area contributed by atoms with Crippen molar-refractivity contribution in [1.29, 1.82) is 0 Å². The summed E-state index contributed by atoms with van der Waals surface area (Å²) in [6.07, 6.45) is -0.159. The first kappa shape index (κ1) is 22.9. The molecule has 4 N–H and O–H groups in total. The van der Waals surface area contributed by atoms with Gasteiger partial charge in [0, 0.05) is 25.1 Å². The van der Waals surface area contributed by atoms with Gasteiger partial charge in [-0.2, -0.15) is 0 Å². The van der Waals surface area contributed by atoms with Gasteiger partial charge in [0.15, 0.2) is 0 Å². The monoisotopic (exact) mass is 406 g/mol. The minimum Gasteiger partial charge on any atom is -0.395 e. The number of nitrogens with one attached hydrogen (secondary N) is 2. The number of aliphatic hydroxyl groups is 2. The number of hydrogen-bond donors (Lipinski definition) is 4. The predicted octanol–water partition coefficient (Wildman–Crippen LogP) is 1.96. The van der Waals surface area contributed by atoms with Crippen LogP contribution >= 0.6 is 0 Å². The molecule has 2 rings (SSSR count). The van der Waals surface area contributed by atoms with Crippen LogP contribution in [-0.4, -0.2) is 47.5 Å². The highest BCUT2D eigenvalue weighted by Crippen LogP contribution is 2.12. The van der Waals surface area contributed by atoms with Gasteiger partial charge in [0.25, 0.3) is 0 Å². The van der Waals surface area contributed by atoms with Crippen LogP contribution in [0.4, 0.5) is 8.78 Å². The molecule has 2 aromatic rings. The molecule has 0 bridgehead atoms. The fraction of sp³-hybridized carbons (Fsp3) is 0.409. The summed E-state index contributed by atoms with van der Waals surface area (Å²) in [6, 6.07) is 11.7. The van der Waals surface area contributed by atoms with Crippen molar-refractivity contribution in [3.63, 3.8) is 0 Å². The van der Waals surface area contributed by atoms with Crippen molar-refractivity contribution in [1.82, 2.24) is 10.6 Å². The zero-order valence-electron chi connectivity index (χ0n) is 16.4. The summed E-state index contributed by atoms with van der Waals surface area (Å²) >= 11 is 0. The van der Waals surface area contributed by atoms with E-state index in [1.165, 1.54) is 12.1 Å². The van der Waals surface area contributed by atoms with Gasteiger partial charge in [-0.1, -0.05) is 30.3 Å². The van der Waals surface area contributed by atoms with Crippen LogP contribution in [0, 0.1) is 11.6 Å². The smallest absolute Gasteiger partial charge is 0.220 e. The van der Waals surface area contributed by atoms with Crippen LogP contribution in [-0.2, 0) is 17.6 Å². The summed E-state index contributed by atoms with van der Waals surface area (Å²) in [4.78, 5) is 12.4. The summed E-state index contributed by atoms with van der Waals surface area (Å²) in [6.45, 7) is 1.77. The van der Waals surface area contributed by atoms with Crippen LogP contribution in [0.5, 0.6) is 0 Å². The first-order valence-corrected chi connectivity index (χ1v) is 9.68. The van der Waals surface area contributed by atoms with E-state index >= 15 is 0 Å². The second-order valence-electron chi connectivity index (χ2n) is 7.20. The molecule has 1 unspecified atom stereocenters. The third-order valence-electron chi connectivity index (χ3n) is 4.62. The third-order valence-corrected chi connectivity index (χ3v) is 4.62. The maximum atomic E-state index is 13.5. The summed E-state index contributed by atoms with van der Waals surface area (Å²) in [5.41, 5.74) is 1.36. The molecule has 7 heteroatoms. The highest BCUT2D eigenvalue weighted by atomic mass is 19.1. The molecule has 0 heterocycles. The van der Waals surface area contributed by atoms with Gasteiger partial charge in [0.05, 0.1) is 18.8 Å². The number of aryl methyl sites for hydroxylation is 1. The van der Waals surface area contributed by atoms with Gasteiger partial charge < -0.3 is 20.8 Å². The average Bonchev–Trinajstić information content (AvgIpc) is 2.69. The van der Waals surface area contributed by atoms with E-state index in [1.54, 1.807) is 6.92 Å². The number of hydrogen-bond acceptors (Lipinski definition) is 4. The topological polar surface area (TPSA) is 81.6 Å². The summed E-state index contributed by atoms with van der Waals surface area (Å²) < 4.78 is 27.0. The fourth-order valence-electron chi connectivity index (χ4n) is 2.98. The number of carbonyl (C=O) groups excluding carboxylic acids is 1. The number of benzene rings is 2. The second kappa shape index (κ2) is 11.6. The Balaban J connectivity index is 2.02. The van der Waals surface area contributed by atoms with Crippen molar-refractivity contribution in [2.24, 2.45) is 0 Å². The third kappa shape index (κ3) is 8.27. The normalized spacial score (nSPS) is 14.2. The summed E-state index contributed by atoms with van der Waals surface area (Å²) in [5, 5.41) is 25.4. The zero-order chi connectivity index (χ0) is 21.2. The number of rotatable bonds is 11. The maximum Gasteiger partial charge on any atom is 0.220 e. The van der Waals surface area contributed by atoms with E-state index in [-0.39, 0.29) is 37.9 Å². The lowest BCUT2D eigenvalue weighted by molar-refractivity contribution is -0.122. The van der Waals surface area contributed by atoms with E-state index in [1.807, 2.05) is 30.3 Å². The largest absolute Gasteiger partial charge is 0.395 e. The molecular formula is C22H28F2N2O3. The van der Waals surface area contributed by atoms with Crippen LogP contribution in [0.1, 0.15) is 24.5 Å². The van der Waals surface area contributed by atoms with Gasteiger partial charge >= 0.3 is 0 Å². The molecule has 3 atom stereocenters. The lowest BCUT2D eigenvalue weighted by Crippen LogP contribution is -2.50. The molecule has 158 valence electrons. The van der Waals surface area contributed by atoms with Crippen molar-refractivity contribution in [2.75, 3.05) is 13.2 Å². The van der Waals surface area contributed by atoms with Gasteiger partial charge in [-0.05, 0) is 43.0 Å². The number of carbonyl (C=O) groups is 1. The van der Waals surface area contributed by atoms with E-state index in [0.717, 1.165) is 11.6 Å². The second-order valence-corrected chi connectivity index (χ2v) is 7.20. The van der Waals surface area contributed by atoms with Crippen molar-refractivity contribution in [2.45, 2.75) is 44.4 Å². The highest BCUT2D eigenvalue weighted by Gasteiger charge is 2.22. The Morgan fingerprint density at radius 2 is 1.72 bits per heavy atom. The molecular weight excluding hydrogens is 378 g/mol. The Bertz CT molecular complexity index is 754. The van der Waals surface area contributed by atoms with E-state index in [9.17, 15) is 18.7 Å². The highest BCUT2D eigenvalue weighted by molar-refractivity contribution is 5.76. The summed E-state index contributed by atoms with van der Waals surface area (Å²) in [5.74, 6) is -1.68. The molecule has 0 aliphatic carbocycles. The molecule has 0 aliphatic heterocycles. The molecule has 2 aromatic carbocycles. The average molecular weight is 406 g/mol. The van der Waals surface area contributed by atoms with Crippen molar-refractivity contribution in [3.8, 4) is 0 Å². The Hall–Kier alpha value is -2.35. The Morgan fingerprint density at radius 1 is 1.07 bits per heavy atom. The molecule has 0 saturated heterocycles. The lowest BCUT2D eigenvalue weighted by Gasteiger charge is -2.26. The van der Waals surface area contributed by atoms with Crippen molar-refractivity contribution < 1.29 is 23.8 Å². The Morgan fingerprint density at radius 3 is 2.34 bits per heavy atom. The van der Waals surface area contributed by atoms with Gasteiger partial charge in [-0.15, -0.1) is 0 Å². The Labute approximate surface area is 169 Å². The maximum absolute atomic E-state index is 13.5. The predicted molar refractivity (Wildman–Crippen MR) is 107 cm³/mol. The molecule has 0 spiro atoms. The first-order valence-electron chi connectivity index (χ1n) is 9.68. The van der Waals surface area contributed by atoms with Crippen molar-refractivity contribution >= 4 is 5.91 Å². The molecule has 0 saturated carbocycles. The van der Waals surface area contributed by atoms with E-state index < -0.39 is 23.8 Å². The molecule has 0 aromatic heterocycles.